The van der Waals surface area contributed by atoms with Crippen molar-refractivity contribution in [2.24, 2.45) is 29.6 Å². The fraction of sp³-hybridized carbons (Fsp3) is 0.955. The molecule has 0 N–H and O–H groups in total. The lowest BCUT2D eigenvalue weighted by Crippen LogP contribution is -2.40. The second-order valence-electron chi connectivity index (χ2n) is 8.92. The molecule has 0 bridgehead atoms. The highest BCUT2D eigenvalue weighted by atomic mass is 16.5. The molecule has 0 aromatic carbocycles. The summed E-state index contributed by atoms with van der Waals surface area (Å²) in [6, 6.07) is 0. The maximum Gasteiger partial charge on any atom is 0.309 e. The predicted molar refractivity (Wildman–Crippen MR) is 98.7 cm³/mol. The van der Waals surface area contributed by atoms with Gasteiger partial charge in [0.2, 0.25) is 0 Å². The van der Waals surface area contributed by atoms with Crippen molar-refractivity contribution in [1.82, 2.24) is 0 Å². The highest BCUT2D eigenvalue weighted by Gasteiger charge is 2.40. The molecule has 2 heteroatoms. The van der Waals surface area contributed by atoms with Crippen molar-refractivity contribution >= 4 is 5.97 Å². The van der Waals surface area contributed by atoms with E-state index in [1.165, 1.54) is 70.6 Å². The molecule has 3 aliphatic rings. The lowest BCUT2D eigenvalue weighted by atomic mass is 9.71. The van der Waals surface area contributed by atoms with Crippen molar-refractivity contribution in [3.05, 3.63) is 0 Å². The maximum atomic E-state index is 12.6. The first-order chi connectivity index (χ1) is 11.7. The minimum Gasteiger partial charge on any atom is -0.462 e. The average molecular weight is 335 g/mol. The summed E-state index contributed by atoms with van der Waals surface area (Å²) in [6.45, 7) is 4.60. The van der Waals surface area contributed by atoms with Crippen LogP contribution in [0.25, 0.3) is 0 Å². The van der Waals surface area contributed by atoms with Gasteiger partial charge in [0.05, 0.1) is 5.92 Å². The summed E-state index contributed by atoms with van der Waals surface area (Å²) in [5.74, 6) is 3.48. The molecule has 0 aromatic rings. The molecule has 24 heavy (non-hydrogen) atoms. The van der Waals surface area contributed by atoms with Gasteiger partial charge in [0.1, 0.15) is 6.10 Å². The molecule has 1 aliphatic heterocycles. The summed E-state index contributed by atoms with van der Waals surface area (Å²) in [5, 5.41) is 0. The molecule has 0 amide bonds. The van der Waals surface area contributed by atoms with Gasteiger partial charge in [0.15, 0.2) is 0 Å². The molecule has 138 valence electrons. The van der Waals surface area contributed by atoms with Gasteiger partial charge < -0.3 is 4.74 Å². The number of carbonyl (C=O) groups is 1. The third-order valence-corrected chi connectivity index (χ3v) is 7.48. The van der Waals surface area contributed by atoms with Crippen LogP contribution < -0.4 is 0 Å². The average Bonchev–Trinajstić information content (AvgIpc) is 2.63. The third-order valence-electron chi connectivity index (χ3n) is 7.48. The number of ether oxygens (including phenoxy) is 1. The summed E-state index contributed by atoms with van der Waals surface area (Å²) in [6.07, 6.45) is 16.9. The molecule has 0 aromatic heterocycles. The van der Waals surface area contributed by atoms with Crippen molar-refractivity contribution in [2.45, 2.75) is 103 Å². The van der Waals surface area contributed by atoms with Crippen molar-refractivity contribution in [3.63, 3.8) is 0 Å². The number of carbonyl (C=O) groups excluding carboxylic acids is 1. The number of esters is 1. The molecule has 3 fully saturated rings. The Morgan fingerprint density at radius 1 is 0.792 bits per heavy atom. The topological polar surface area (TPSA) is 26.3 Å². The van der Waals surface area contributed by atoms with E-state index in [9.17, 15) is 4.79 Å². The second kappa shape index (κ2) is 8.72. The zero-order valence-electron chi connectivity index (χ0n) is 16.0. The normalized spacial score (nSPS) is 41.0. The Hall–Kier alpha value is -0.530. The van der Waals surface area contributed by atoms with Crippen LogP contribution in [-0.4, -0.2) is 12.1 Å². The SMILES string of the molecule is CCCC1CCC(C2CCC(C3CCC(CC)CC3)C(=O)O2)CC1. The molecular formula is C22H38O2. The van der Waals surface area contributed by atoms with E-state index >= 15 is 0 Å². The minimum atomic E-state index is 0.155. The van der Waals surface area contributed by atoms with E-state index in [2.05, 4.69) is 13.8 Å². The first-order valence-electron chi connectivity index (χ1n) is 10.9. The molecule has 1 saturated heterocycles. The Bertz CT molecular complexity index is 389. The largest absolute Gasteiger partial charge is 0.462 e. The van der Waals surface area contributed by atoms with Gasteiger partial charge in [0, 0.05) is 0 Å². The van der Waals surface area contributed by atoms with Gasteiger partial charge in [-0.15, -0.1) is 0 Å². The summed E-state index contributed by atoms with van der Waals surface area (Å²) in [4.78, 5) is 12.6. The van der Waals surface area contributed by atoms with Crippen molar-refractivity contribution < 1.29 is 9.53 Å². The molecular weight excluding hydrogens is 296 g/mol. The number of cyclic esters (lactones) is 1. The summed E-state index contributed by atoms with van der Waals surface area (Å²) >= 11 is 0. The Labute approximate surface area is 149 Å². The molecule has 2 unspecified atom stereocenters. The third kappa shape index (κ3) is 4.35. The van der Waals surface area contributed by atoms with Crippen LogP contribution in [0.3, 0.4) is 0 Å². The fourth-order valence-corrected chi connectivity index (χ4v) is 5.77. The number of hydrogen-bond donors (Lipinski definition) is 0. The lowest BCUT2D eigenvalue weighted by molar-refractivity contribution is -0.168. The van der Waals surface area contributed by atoms with Crippen LogP contribution in [-0.2, 0) is 9.53 Å². The van der Waals surface area contributed by atoms with Crippen LogP contribution in [0.1, 0.15) is 97.3 Å². The number of hydrogen-bond acceptors (Lipinski definition) is 2. The molecule has 3 rings (SSSR count). The van der Waals surface area contributed by atoms with Crippen LogP contribution in [0.5, 0.6) is 0 Å². The number of rotatable bonds is 5. The molecule has 2 saturated carbocycles. The van der Waals surface area contributed by atoms with Gasteiger partial charge in [-0.1, -0.05) is 58.8 Å². The minimum absolute atomic E-state index is 0.155. The van der Waals surface area contributed by atoms with Gasteiger partial charge >= 0.3 is 5.97 Å². The van der Waals surface area contributed by atoms with E-state index in [4.69, 9.17) is 4.74 Å². The smallest absolute Gasteiger partial charge is 0.309 e. The molecule has 1 heterocycles. The second-order valence-corrected chi connectivity index (χ2v) is 8.92. The fourth-order valence-electron chi connectivity index (χ4n) is 5.77. The van der Waals surface area contributed by atoms with Crippen molar-refractivity contribution in [3.8, 4) is 0 Å². The van der Waals surface area contributed by atoms with Crippen LogP contribution in [0.4, 0.5) is 0 Å². The molecule has 0 radical (unpaired) electrons. The van der Waals surface area contributed by atoms with Gasteiger partial charge in [-0.05, 0) is 62.2 Å². The summed E-state index contributed by atoms with van der Waals surface area (Å²) in [5.41, 5.74) is 0. The maximum absolute atomic E-state index is 12.6. The van der Waals surface area contributed by atoms with Crippen molar-refractivity contribution in [1.29, 1.82) is 0 Å². The lowest BCUT2D eigenvalue weighted by Gasteiger charge is -2.40. The van der Waals surface area contributed by atoms with E-state index in [1.54, 1.807) is 0 Å². The molecule has 0 spiro atoms. The standard InChI is InChI=1S/C22H38O2/c1-3-5-17-8-12-19(13-9-17)21-15-14-20(22(23)24-21)18-10-6-16(4-2)7-11-18/h16-21H,3-15H2,1-2H3. The summed E-state index contributed by atoms with van der Waals surface area (Å²) < 4.78 is 6.00. The van der Waals surface area contributed by atoms with Gasteiger partial charge in [-0.3, -0.25) is 4.79 Å². The quantitative estimate of drug-likeness (QED) is 0.565. The predicted octanol–water partition coefficient (Wildman–Crippen LogP) is 6.13. The van der Waals surface area contributed by atoms with E-state index < -0.39 is 0 Å². The first kappa shape index (κ1) is 18.3. The Kier molecular flexibility index (Phi) is 6.63. The van der Waals surface area contributed by atoms with Crippen LogP contribution in [0.15, 0.2) is 0 Å². The molecule has 2 aliphatic carbocycles. The Morgan fingerprint density at radius 2 is 1.42 bits per heavy atom. The zero-order chi connectivity index (χ0) is 16.9. The van der Waals surface area contributed by atoms with E-state index in [0.29, 0.717) is 11.8 Å². The van der Waals surface area contributed by atoms with E-state index in [1.807, 2.05) is 0 Å². The van der Waals surface area contributed by atoms with Gasteiger partial charge in [0.25, 0.3) is 0 Å². The van der Waals surface area contributed by atoms with E-state index in [0.717, 1.165) is 24.7 Å². The van der Waals surface area contributed by atoms with E-state index in [-0.39, 0.29) is 18.0 Å². The van der Waals surface area contributed by atoms with Gasteiger partial charge in [-0.25, -0.2) is 0 Å². The first-order valence-corrected chi connectivity index (χ1v) is 10.9. The highest BCUT2D eigenvalue weighted by Crippen LogP contribution is 2.42. The van der Waals surface area contributed by atoms with Crippen molar-refractivity contribution in [2.75, 3.05) is 0 Å². The molecule has 2 atom stereocenters. The summed E-state index contributed by atoms with van der Waals surface area (Å²) in [7, 11) is 0. The zero-order valence-corrected chi connectivity index (χ0v) is 16.0. The van der Waals surface area contributed by atoms with Crippen LogP contribution in [0, 0.1) is 29.6 Å². The highest BCUT2D eigenvalue weighted by molar-refractivity contribution is 5.73. The monoisotopic (exact) mass is 334 g/mol. The van der Waals surface area contributed by atoms with Crippen LogP contribution >= 0.6 is 0 Å². The van der Waals surface area contributed by atoms with Gasteiger partial charge in [-0.2, -0.15) is 0 Å². The van der Waals surface area contributed by atoms with Crippen LogP contribution in [0.2, 0.25) is 0 Å². The molecule has 2 nitrogen and oxygen atoms in total. The Balaban J connectivity index is 1.45. The Morgan fingerprint density at radius 3 is 2.00 bits per heavy atom.